The van der Waals surface area contributed by atoms with Crippen molar-refractivity contribution >= 4 is 11.6 Å². The molecular formula is C19H22F3N3O. The Morgan fingerprint density at radius 1 is 1.19 bits per heavy atom. The third kappa shape index (κ3) is 4.45. The lowest BCUT2D eigenvalue weighted by Gasteiger charge is -2.17. The first-order chi connectivity index (χ1) is 12.3. The predicted octanol–water partition coefficient (Wildman–Crippen LogP) is 5.68. The average molecular weight is 365 g/mol. The second-order valence-electron chi connectivity index (χ2n) is 6.84. The number of benzene rings is 1. The number of rotatable bonds is 5. The van der Waals surface area contributed by atoms with E-state index in [1.165, 1.54) is 0 Å². The van der Waals surface area contributed by atoms with Crippen LogP contribution in [0.1, 0.15) is 56.6 Å². The van der Waals surface area contributed by atoms with Gasteiger partial charge in [0.15, 0.2) is 0 Å². The first-order valence-corrected chi connectivity index (χ1v) is 8.81. The van der Waals surface area contributed by atoms with E-state index in [2.05, 4.69) is 29.1 Å². The lowest BCUT2D eigenvalue weighted by Crippen LogP contribution is -2.18. The highest BCUT2D eigenvalue weighted by molar-refractivity contribution is 5.55. The molecule has 140 valence electrons. The van der Waals surface area contributed by atoms with E-state index >= 15 is 0 Å². The Kier molecular flexibility index (Phi) is 5.34. The second kappa shape index (κ2) is 7.51. The number of halogens is 3. The summed E-state index contributed by atoms with van der Waals surface area (Å²) in [6.07, 6.45) is -0.561. The summed E-state index contributed by atoms with van der Waals surface area (Å²) in [5, 5.41) is 2.97. The highest BCUT2D eigenvalue weighted by atomic mass is 19.4. The second-order valence-corrected chi connectivity index (χ2v) is 6.84. The number of nitrogens with one attached hydrogen (secondary N) is 1. The summed E-state index contributed by atoms with van der Waals surface area (Å²) in [6.45, 7) is 4.14. The lowest BCUT2D eigenvalue weighted by atomic mass is 10.0. The van der Waals surface area contributed by atoms with Gasteiger partial charge in [-0.3, -0.25) is 0 Å². The molecule has 0 spiro atoms. The number of alkyl halides is 3. The number of ether oxygens (including phenoxy) is 1. The number of anilines is 2. The topological polar surface area (TPSA) is 47.0 Å². The zero-order valence-corrected chi connectivity index (χ0v) is 14.8. The summed E-state index contributed by atoms with van der Waals surface area (Å²) in [5.74, 6) is 0.0281. The van der Waals surface area contributed by atoms with Crippen LogP contribution < -0.4 is 10.1 Å². The van der Waals surface area contributed by atoms with Crippen molar-refractivity contribution in [3.8, 4) is 5.88 Å². The van der Waals surface area contributed by atoms with Gasteiger partial charge in [0.2, 0.25) is 11.8 Å². The van der Waals surface area contributed by atoms with Crippen LogP contribution in [-0.4, -0.2) is 16.1 Å². The van der Waals surface area contributed by atoms with E-state index in [0.29, 0.717) is 5.92 Å². The lowest BCUT2D eigenvalue weighted by molar-refractivity contribution is -0.139. The standard InChI is InChI=1S/C19H22F3N3O/c1-12(2)13-6-5-7-14(10-13)24-18-23-11-16(19(20,21)22)17(25-18)26-15-8-3-4-9-15/h5-7,10-12,15H,3-4,8-9H2,1-2H3,(H,23,24,25). The van der Waals surface area contributed by atoms with E-state index in [1.807, 2.05) is 24.3 Å². The van der Waals surface area contributed by atoms with Crippen molar-refractivity contribution in [1.82, 2.24) is 9.97 Å². The molecule has 1 aliphatic carbocycles. The smallest absolute Gasteiger partial charge is 0.423 e. The summed E-state index contributed by atoms with van der Waals surface area (Å²) in [5.41, 5.74) is 0.901. The molecule has 7 heteroatoms. The van der Waals surface area contributed by atoms with Crippen LogP contribution in [0.15, 0.2) is 30.5 Å². The van der Waals surface area contributed by atoms with Gasteiger partial charge in [-0.05, 0) is 49.3 Å². The van der Waals surface area contributed by atoms with E-state index in [0.717, 1.165) is 43.1 Å². The van der Waals surface area contributed by atoms with Crippen LogP contribution in [0.25, 0.3) is 0 Å². The Balaban J connectivity index is 1.87. The monoisotopic (exact) mass is 365 g/mol. The Hall–Kier alpha value is -2.31. The minimum Gasteiger partial charge on any atom is -0.474 e. The largest absolute Gasteiger partial charge is 0.474 e. The molecule has 1 aromatic heterocycles. The van der Waals surface area contributed by atoms with Crippen molar-refractivity contribution < 1.29 is 17.9 Å². The van der Waals surface area contributed by atoms with Gasteiger partial charge in [0.1, 0.15) is 11.7 Å². The molecule has 1 aliphatic rings. The molecule has 1 saturated carbocycles. The van der Waals surface area contributed by atoms with E-state index in [-0.39, 0.29) is 12.1 Å². The molecule has 1 N–H and O–H groups in total. The van der Waals surface area contributed by atoms with Gasteiger partial charge < -0.3 is 10.1 Å². The molecule has 1 heterocycles. The molecule has 0 atom stereocenters. The summed E-state index contributed by atoms with van der Waals surface area (Å²) in [7, 11) is 0. The highest BCUT2D eigenvalue weighted by Crippen LogP contribution is 2.37. The molecule has 4 nitrogen and oxygen atoms in total. The van der Waals surface area contributed by atoms with Crippen LogP contribution in [0, 0.1) is 0 Å². The molecular weight excluding hydrogens is 343 g/mol. The highest BCUT2D eigenvalue weighted by Gasteiger charge is 2.37. The van der Waals surface area contributed by atoms with Crippen LogP contribution >= 0.6 is 0 Å². The van der Waals surface area contributed by atoms with Crippen LogP contribution in [0.2, 0.25) is 0 Å². The van der Waals surface area contributed by atoms with Crippen molar-refractivity contribution in [2.24, 2.45) is 0 Å². The van der Waals surface area contributed by atoms with Gasteiger partial charge in [-0.2, -0.15) is 18.2 Å². The normalized spacial score (nSPS) is 15.5. The minimum atomic E-state index is -4.55. The fourth-order valence-electron chi connectivity index (χ4n) is 2.98. The van der Waals surface area contributed by atoms with Crippen LogP contribution in [0.4, 0.5) is 24.8 Å². The molecule has 0 bridgehead atoms. The molecule has 3 rings (SSSR count). The van der Waals surface area contributed by atoms with Crippen molar-refractivity contribution in [2.45, 2.75) is 57.7 Å². The third-order valence-corrected chi connectivity index (χ3v) is 4.45. The zero-order chi connectivity index (χ0) is 18.7. The van der Waals surface area contributed by atoms with Gasteiger partial charge in [-0.25, -0.2) is 4.98 Å². The van der Waals surface area contributed by atoms with Gasteiger partial charge in [-0.15, -0.1) is 0 Å². The Morgan fingerprint density at radius 3 is 2.58 bits per heavy atom. The molecule has 1 fully saturated rings. The summed E-state index contributed by atoms with van der Waals surface area (Å²) < 4.78 is 45.3. The quantitative estimate of drug-likeness (QED) is 0.740. The number of hydrogen-bond acceptors (Lipinski definition) is 4. The maximum absolute atomic E-state index is 13.2. The molecule has 0 radical (unpaired) electrons. The Morgan fingerprint density at radius 2 is 1.92 bits per heavy atom. The van der Waals surface area contributed by atoms with E-state index in [9.17, 15) is 13.2 Å². The van der Waals surface area contributed by atoms with Crippen molar-refractivity contribution in [3.63, 3.8) is 0 Å². The summed E-state index contributed by atoms with van der Waals surface area (Å²) in [6, 6.07) is 7.64. The van der Waals surface area contributed by atoms with Crippen molar-refractivity contribution in [2.75, 3.05) is 5.32 Å². The first-order valence-electron chi connectivity index (χ1n) is 8.81. The molecule has 26 heavy (non-hydrogen) atoms. The fourth-order valence-corrected chi connectivity index (χ4v) is 2.98. The van der Waals surface area contributed by atoms with Crippen LogP contribution in [0.3, 0.4) is 0 Å². The summed E-state index contributed by atoms with van der Waals surface area (Å²) >= 11 is 0. The van der Waals surface area contributed by atoms with Gasteiger partial charge in [0, 0.05) is 11.9 Å². The van der Waals surface area contributed by atoms with Gasteiger partial charge >= 0.3 is 6.18 Å². The summed E-state index contributed by atoms with van der Waals surface area (Å²) in [4.78, 5) is 7.84. The number of aromatic nitrogens is 2. The molecule has 0 amide bonds. The minimum absolute atomic E-state index is 0.0897. The van der Waals surface area contributed by atoms with E-state index in [4.69, 9.17) is 4.74 Å². The van der Waals surface area contributed by atoms with Gasteiger partial charge in [-0.1, -0.05) is 26.0 Å². The molecule has 0 unspecified atom stereocenters. The molecule has 1 aromatic carbocycles. The van der Waals surface area contributed by atoms with Crippen LogP contribution in [-0.2, 0) is 6.18 Å². The van der Waals surface area contributed by atoms with Crippen molar-refractivity contribution in [1.29, 1.82) is 0 Å². The fraction of sp³-hybridized carbons (Fsp3) is 0.474. The first kappa shape index (κ1) is 18.5. The average Bonchev–Trinajstić information content (AvgIpc) is 3.07. The molecule has 2 aromatic rings. The maximum Gasteiger partial charge on any atom is 0.423 e. The maximum atomic E-state index is 13.2. The number of nitrogens with zero attached hydrogens (tertiary/aromatic N) is 2. The van der Waals surface area contributed by atoms with Gasteiger partial charge in [0.25, 0.3) is 0 Å². The Bertz CT molecular complexity index is 756. The molecule has 0 saturated heterocycles. The third-order valence-electron chi connectivity index (χ3n) is 4.45. The predicted molar refractivity (Wildman–Crippen MR) is 93.7 cm³/mol. The van der Waals surface area contributed by atoms with Gasteiger partial charge in [0.05, 0.1) is 0 Å². The Labute approximate surface area is 150 Å². The van der Waals surface area contributed by atoms with Crippen molar-refractivity contribution in [3.05, 3.63) is 41.6 Å². The van der Waals surface area contributed by atoms with Crippen LogP contribution in [0.5, 0.6) is 5.88 Å². The van der Waals surface area contributed by atoms with E-state index in [1.54, 1.807) is 0 Å². The van der Waals surface area contributed by atoms with E-state index < -0.39 is 17.6 Å². The number of hydrogen-bond donors (Lipinski definition) is 1. The zero-order valence-electron chi connectivity index (χ0n) is 14.8. The SMILES string of the molecule is CC(C)c1cccc(Nc2ncc(C(F)(F)F)c(OC3CCCC3)n2)c1. The molecule has 0 aliphatic heterocycles.